The molecule has 2 rings (SSSR count). The van der Waals surface area contributed by atoms with Crippen LogP contribution in [0.15, 0.2) is 11.1 Å². The number of rotatable bonds is 5. The van der Waals surface area contributed by atoms with Crippen LogP contribution >= 0.6 is 0 Å². The summed E-state index contributed by atoms with van der Waals surface area (Å²) in [6.45, 7) is 10.6. The number of hydrogen-bond acceptors (Lipinski definition) is 2. The van der Waals surface area contributed by atoms with Gasteiger partial charge >= 0.3 is 0 Å². The predicted molar refractivity (Wildman–Crippen MR) is 78.3 cm³/mol. The third-order valence-electron chi connectivity index (χ3n) is 5.08. The molecule has 2 nitrogen and oxygen atoms in total. The Morgan fingerprint density at radius 1 is 1.33 bits per heavy atom. The molecule has 1 saturated carbocycles. The molecule has 0 heterocycles. The number of likely N-dealkylation sites (N-methyl/N-ethyl adjacent to an activating group) is 1. The van der Waals surface area contributed by atoms with Gasteiger partial charge in [-0.25, -0.2) is 10.0 Å². The van der Waals surface area contributed by atoms with E-state index >= 15 is 0 Å². The normalized spacial score (nSPS) is 28.3. The maximum atomic E-state index is 2.44. The van der Waals surface area contributed by atoms with Crippen molar-refractivity contribution < 1.29 is 0 Å². The molecule has 0 saturated heterocycles. The lowest BCUT2D eigenvalue weighted by Crippen LogP contribution is -2.44. The molecule has 18 heavy (non-hydrogen) atoms. The van der Waals surface area contributed by atoms with E-state index < -0.39 is 0 Å². The van der Waals surface area contributed by atoms with E-state index in [4.69, 9.17) is 0 Å². The Morgan fingerprint density at radius 2 is 1.94 bits per heavy atom. The maximum absolute atomic E-state index is 2.44. The van der Waals surface area contributed by atoms with Crippen molar-refractivity contribution in [2.45, 2.75) is 59.4 Å². The molecule has 1 fully saturated rings. The first-order chi connectivity index (χ1) is 8.30. The van der Waals surface area contributed by atoms with E-state index in [9.17, 15) is 0 Å². The topological polar surface area (TPSA) is 6.48 Å². The summed E-state index contributed by atoms with van der Waals surface area (Å²) < 4.78 is 0. The van der Waals surface area contributed by atoms with Gasteiger partial charge in [0.15, 0.2) is 0 Å². The van der Waals surface area contributed by atoms with Gasteiger partial charge in [-0.15, -0.1) is 0 Å². The van der Waals surface area contributed by atoms with Crippen LogP contribution in [0, 0.1) is 11.3 Å². The third-order valence-corrected chi connectivity index (χ3v) is 5.08. The monoisotopic (exact) mass is 250 g/mol. The van der Waals surface area contributed by atoms with Crippen LogP contribution < -0.4 is 0 Å². The number of hydrazine groups is 1. The fourth-order valence-electron chi connectivity index (χ4n) is 3.51. The fourth-order valence-corrected chi connectivity index (χ4v) is 3.51. The number of allylic oxidation sites excluding steroid dienone is 1. The molecule has 0 spiro atoms. The van der Waals surface area contributed by atoms with Gasteiger partial charge in [0.2, 0.25) is 0 Å². The molecular formula is C16H30N2. The Labute approximate surface area is 113 Å². The molecule has 0 aromatic carbocycles. The second kappa shape index (κ2) is 4.97. The molecule has 0 bridgehead atoms. The zero-order valence-electron chi connectivity index (χ0n) is 13.1. The molecule has 2 aliphatic rings. The van der Waals surface area contributed by atoms with Gasteiger partial charge in [-0.1, -0.05) is 19.4 Å². The second-order valence-electron chi connectivity index (χ2n) is 7.35. The highest BCUT2D eigenvalue weighted by Gasteiger charge is 2.33. The molecule has 0 aromatic heterocycles. The summed E-state index contributed by atoms with van der Waals surface area (Å²) in [6, 6.07) is 0.587. The summed E-state index contributed by atoms with van der Waals surface area (Å²) in [7, 11) is 4.49. The van der Waals surface area contributed by atoms with Crippen LogP contribution in [0.5, 0.6) is 0 Å². The van der Waals surface area contributed by atoms with E-state index in [0.717, 1.165) is 5.92 Å². The first-order valence-electron chi connectivity index (χ1n) is 7.42. The van der Waals surface area contributed by atoms with Crippen LogP contribution in [0.2, 0.25) is 0 Å². The average molecular weight is 250 g/mol. The minimum Gasteiger partial charge on any atom is -0.244 e. The predicted octanol–water partition coefficient (Wildman–Crippen LogP) is 3.70. The molecule has 0 aliphatic heterocycles. The highest BCUT2D eigenvalue weighted by atomic mass is 15.6. The zero-order chi connectivity index (χ0) is 13.5. The van der Waals surface area contributed by atoms with E-state index in [-0.39, 0.29) is 0 Å². The smallest absolute Gasteiger partial charge is 0.0429 e. The van der Waals surface area contributed by atoms with Crippen molar-refractivity contribution in [2.24, 2.45) is 11.3 Å². The first kappa shape index (κ1) is 14.1. The minimum atomic E-state index is 0.575. The van der Waals surface area contributed by atoms with Crippen LogP contribution in [0.4, 0.5) is 0 Å². The van der Waals surface area contributed by atoms with E-state index in [2.05, 4.69) is 51.8 Å². The lowest BCUT2D eigenvalue weighted by molar-refractivity contribution is -0.00770. The minimum absolute atomic E-state index is 0.575. The van der Waals surface area contributed by atoms with Gasteiger partial charge in [-0.05, 0) is 56.4 Å². The summed E-state index contributed by atoms with van der Waals surface area (Å²) in [5.41, 5.74) is 3.83. The van der Waals surface area contributed by atoms with Crippen LogP contribution in [0.25, 0.3) is 0 Å². The molecule has 104 valence electrons. The highest BCUT2D eigenvalue weighted by Crippen LogP contribution is 2.41. The number of hydrogen-bond donors (Lipinski definition) is 0. The fraction of sp³-hybridized carbons (Fsp3) is 0.875. The molecule has 2 heteroatoms. The lowest BCUT2D eigenvalue weighted by Gasteiger charge is -2.34. The van der Waals surface area contributed by atoms with Crippen molar-refractivity contribution in [2.75, 3.05) is 20.6 Å². The SMILES string of the molecule is CC1=C(C(C)N(C)N(C)CC2CCC(C)(C)C2)C1. The third kappa shape index (κ3) is 3.16. The van der Waals surface area contributed by atoms with Gasteiger partial charge in [0, 0.05) is 26.7 Å². The van der Waals surface area contributed by atoms with E-state index in [1.54, 1.807) is 11.1 Å². The molecular weight excluding hydrogens is 220 g/mol. The maximum Gasteiger partial charge on any atom is 0.0429 e. The zero-order valence-corrected chi connectivity index (χ0v) is 13.1. The van der Waals surface area contributed by atoms with Crippen molar-refractivity contribution in [3.63, 3.8) is 0 Å². The first-order valence-corrected chi connectivity index (χ1v) is 7.42. The summed E-state index contributed by atoms with van der Waals surface area (Å²) in [6.07, 6.45) is 5.45. The molecule has 0 amide bonds. The summed E-state index contributed by atoms with van der Waals surface area (Å²) in [5, 5.41) is 4.87. The quantitative estimate of drug-likeness (QED) is 0.542. The van der Waals surface area contributed by atoms with Crippen LogP contribution in [-0.4, -0.2) is 36.7 Å². The molecule has 0 aromatic rings. The van der Waals surface area contributed by atoms with Crippen LogP contribution in [0.3, 0.4) is 0 Å². The van der Waals surface area contributed by atoms with E-state index in [0.29, 0.717) is 11.5 Å². The number of nitrogens with zero attached hydrogens (tertiary/aromatic N) is 2. The summed E-state index contributed by atoms with van der Waals surface area (Å²) in [5.74, 6) is 0.883. The standard InChI is InChI=1S/C16H30N2/c1-12-9-15(12)13(2)18(6)17(5)11-14-7-8-16(3,4)10-14/h13-14H,7-11H2,1-6H3. The lowest BCUT2D eigenvalue weighted by atomic mass is 9.90. The van der Waals surface area contributed by atoms with Gasteiger partial charge in [0.1, 0.15) is 0 Å². The summed E-state index contributed by atoms with van der Waals surface area (Å²) >= 11 is 0. The Kier molecular flexibility index (Phi) is 3.89. The van der Waals surface area contributed by atoms with Crippen LogP contribution in [-0.2, 0) is 0 Å². The Hall–Kier alpha value is -0.340. The Morgan fingerprint density at radius 3 is 2.39 bits per heavy atom. The molecule has 2 aliphatic carbocycles. The van der Waals surface area contributed by atoms with E-state index in [1.807, 2.05) is 0 Å². The molecule has 0 N–H and O–H groups in total. The van der Waals surface area contributed by atoms with Gasteiger partial charge in [0.25, 0.3) is 0 Å². The average Bonchev–Trinajstić information content (AvgIpc) is 2.91. The largest absolute Gasteiger partial charge is 0.244 e. The van der Waals surface area contributed by atoms with Gasteiger partial charge < -0.3 is 0 Å². The van der Waals surface area contributed by atoms with Crippen LogP contribution in [0.1, 0.15) is 53.4 Å². The van der Waals surface area contributed by atoms with Gasteiger partial charge in [-0.2, -0.15) is 0 Å². The summed E-state index contributed by atoms with van der Waals surface area (Å²) in [4.78, 5) is 0. The van der Waals surface area contributed by atoms with Crippen molar-refractivity contribution >= 4 is 0 Å². The molecule has 2 unspecified atom stereocenters. The highest BCUT2D eigenvalue weighted by molar-refractivity contribution is 5.36. The van der Waals surface area contributed by atoms with Crippen molar-refractivity contribution in [3.8, 4) is 0 Å². The van der Waals surface area contributed by atoms with E-state index in [1.165, 1.54) is 32.2 Å². The van der Waals surface area contributed by atoms with Crippen molar-refractivity contribution in [1.82, 2.24) is 10.0 Å². The van der Waals surface area contributed by atoms with Crippen molar-refractivity contribution in [3.05, 3.63) is 11.1 Å². The molecule has 0 radical (unpaired) electrons. The Bertz CT molecular complexity index is 343. The van der Waals surface area contributed by atoms with Gasteiger partial charge in [0.05, 0.1) is 0 Å². The van der Waals surface area contributed by atoms with Gasteiger partial charge in [-0.3, -0.25) is 0 Å². The van der Waals surface area contributed by atoms with Crippen molar-refractivity contribution in [1.29, 1.82) is 0 Å². The second-order valence-corrected chi connectivity index (χ2v) is 7.35. The Balaban J connectivity index is 1.83. The molecule has 2 atom stereocenters.